The highest BCUT2D eigenvalue weighted by atomic mass is 16.3. The van der Waals surface area contributed by atoms with E-state index in [9.17, 15) is 5.11 Å². The van der Waals surface area contributed by atoms with E-state index in [2.05, 4.69) is 10.2 Å². The fourth-order valence-corrected chi connectivity index (χ4v) is 2.45. The van der Waals surface area contributed by atoms with Crippen molar-refractivity contribution in [3.8, 4) is 5.69 Å². The van der Waals surface area contributed by atoms with E-state index in [0.717, 1.165) is 28.2 Å². The third-order valence-electron chi connectivity index (χ3n) is 3.68. The lowest BCUT2D eigenvalue weighted by Crippen LogP contribution is -2.03. The Morgan fingerprint density at radius 2 is 1.90 bits per heavy atom. The van der Waals surface area contributed by atoms with Crippen LogP contribution in [0.3, 0.4) is 0 Å². The van der Waals surface area contributed by atoms with E-state index in [0.29, 0.717) is 6.54 Å². The molecule has 0 fully saturated rings. The first kappa shape index (κ1) is 13.6. The van der Waals surface area contributed by atoms with E-state index in [4.69, 9.17) is 0 Å². The van der Waals surface area contributed by atoms with Crippen molar-refractivity contribution in [1.82, 2.24) is 19.6 Å². The number of aliphatic hydroxyl groups is 1. The maximum atomic E-state index is 9.36. The maximum absolute atomic E-state index is 9.36. The number of hydrogen-bond acceptors (Lipinski definition) is 3. The van der Waals surface area contributed by atoms with E-state index in [1.54, 1.807) is 0 Å². The molecular weight excluding hydrogens is 264 g/mol. The Labute approximate surface area is 123 Å². The minimum absolute atomic E-state index is 0.0287. The van der Waals surface area contributed by atoms with Crippen molar-refractivity contribution in [3.05, 3.63) is 65.2 Å². The molecular formula is C16H18N4O. The average Bonchev–Trinajstić information content (AvgIpc) is 3.06. The highest BCUT2D eigenvalue weighted by Gasteiger charge is 2.11. The van der Waals surface area contributed by atoms with Crippen LogP contribution in [0.15, 0.2) is 42.7 Å². The summed E-state index contributed by atoms with van der Waals surface area (Å²) in [6.45, 7) is 4.58. The quantitative estimate of drug-likeness (QED) is 0.798. The lowest BCUT2D eigenvalue weighted by Gasteiger charge is -2.03. The van der Waals surface area contributed by atoms with Gasteiger partial charge in [0.15, 0.2) is 0 Å². The minimum atomic E-state index is 0.0287. The minimum Gasteiger partial charge on any atom is -0.392 e. The van der Waals surface area contributed by atoms with Crippen LogP contribution in [0.4, 0.5) is 0 Å². The van der Waals surface area contributed by atoms with E-state index in [1.807, 2.05) is 65.9 Å². The summed E-state index contributed by atoms with van der Waals surface area (Å²) in [6.07, 6.45) is 3.85. The molecule has 5 heteroatoms. The lowest BCUT2D eigenvalue weighted by atomic mass is 10.2. The lowest BCUT2D eigenvalue weighted by molar-refractivity contribution is 0.280. The number of nitrogens with zero attached hydrogens (tertiary/aromatic N) is 4. The first-order valence-electron chi connectivity index (χ1n) is 6.91. The second-order valence-corrected chi connectivity index (χ2v) is 5.09. The number of aryl methyl sites for hydroxylation is 1. The topological polar surface area (TPSA) is 55.9 Å². The molecule has 1 aromatic carbocycles. The Morgan fingerprint density at radius 3 is 2.57 bits per heavy atom. The molecule has 0 aliphatic rings. The normalized spacial score (nSPS) is 11.0. The van der Waals surface area contributed by atoms with Crippen LogP contribution in [-0.4, -0.2) is 24.7 Å². The Bertz CT molecular complexity index is 743. The smallest absolute Gasteiger partial charge is 0.0718 e. The molecule has 5 nitrogen and oxygen atoms in total. The molecule has 0 amide bonds. The summed E-state index contributed by atoms with van der Waals surface area (Å²) in [5.74, 6) is 0. The molecule has 21 heavy (non-hydrogen) atoms. The van der Waals surface area contributed by atoms with Crippen LogP contribution in [0.25, 0.3) is 5.69 Å². The highest BCUT2D eigenvalue weighted by Crippen LogP contribution is 2.15. The number of para-hydroxylation sites is 1. The number of rotatable bonds is 4. The molecule has 0 aliphatic heterocycles. The van der Waals surface area contributed by atoms with E-state index >= 15 is 0 Å². The van der Waals surface area contributed by atoms with Crippen molar-refractivity contribution >= 4 is 0 Å². The largest absolute Gasteiger partial charge is 0.392 e. The third kappa shape index (κ3) is 2.60. The average molecular weight is 282 g/mol. The second kappa shape index (κ2) is 5.54. The van der Waals surface area contributed by atoms with Crippen LogP contribution < -0.4 is 0 Å². The fourth-order valence-electron chi connectivity index (χ4n) is 2.45. The zero-order valence-corrected chi connectivity index (χ0v) is 12.2. The SMILES string of the molecule is Cc1nn(Cc2cnn(-c3ccccc3)c2)c(C)c1CO. The van der Waals surface area contributed by atoms with Gasteiger partial charge in [0, 0.05) is 23.0 Å². The van der Waals surface area contributed by atoms with Gasteiger partial charge in [-0.25, -0.2) is 4.68 Å². The molecule has 0 spiro atoms. The van der Waals surface area contributed by atoms with Gasteiger partial charge in [0.2, 0.25) is 0 Å². The van der Waals surface area contributed by atoms with Gasteiger partial charge in [-0.3, -0.25) is 4.68 Å². The number of benzene rings is 1. The number of aliphatic hydroxyl groups excluding tert-OH is 1. The molecule has 0 saturated heterocycles. The summed E-state index contributed by atoms with van der Waals surface area (Å²) in [5, 5.41) is 18.2. The van der Waals surface area contributed by atoms with Gasteiger partial charge in [-0.2, -0.15) is 10.2 Å². The van der Waals surface area contributed by atoms with E-state index < -0.39 is 0 Å². The third-order valence-corrected chi connectivity index (χ3v) is 3.68. The van der Waals surface area contributed by atoms with Crippen molar-refractivity contribution in [2.24, 2.45) is 0 Å². The van der Waals surface area contributed by atoms with Gasteiger partial charge < -0.3 is 5.11 Å². The molecule has 3 rings (SSSR count). The summed E-state index contributed by atoms with van der Waals surface area (Å²) in [4.78, 5) is 0. The van der Waals surface area contributed by atoms with Crippen LogP contribution >= 0.6 is 0 Å². The summed E-state index contributed by atoms with van der Waals surface area (Å²) in [7, 11) is 0. The van der Waals surface area contributed by atoms with Crippen molar-refractivity contribution < 1.29 is 5.11 Å². The van der Waals surface area contributed by atoms with Crippen molar-refractivity contribution in [2.75, 3.05) is 0 Å². The van der Waals surface area contributed by atoms with Crippen LogP contribution in [0.5, 0.6) is 0 Å². The molecule has 0 radical (unpaired) electrons. The summed E-state index contributed by atoms with van der Waals surface area (Å²) in [6, 6.07) is 10.0. The standard InChI is InChI=1S/C16H18N4O/c1-12-16(11-21)13(2)19(18-12)9-14-8-17-20(10-14)15-6-4-3-5-7-15/h3-8,10,21H,9,11H2,1-2H3. The molecule has 1 N–H and O–H groups in total. The first-order valence-corrected chi connectivity index (χ1v) is 6.91. The Hall–Kier alpha value is -2.40. The number of aromatic nitrogens is 4. The van der Waals surface area contributed by atoms with Crippen molar-refractivity contribution in [1.29, 1.82) is 0 Å². The second-order valence-electron chi connectivity index (χ2n) is 5.09. The summed E-state index contributed by atoms with van der Waals surface area (Å²) < 4.78 is 3.77. The molecule has 0 unspecified atom stereocenters. The van der Waals surface area contributed by atoms with Crippen LogP contribution in [0, 0.1) is 13.8 Å². The molecule has 0 bridgehead atoms. The molecule has 0 aliphatic carbocycles. The Balaban J connectivity index is 1.85. The summed E-state index contributed by atoms with van der Waals surface area (Å²) in [5.41, 5.74) is 4.90. The molecule has 2 heterocycles. The molecule has 3 aromatic rings. The van der Waals surface area contributed by atoms with Gasteiger partial charge >= 0.3 is 0 Å². The predicted octanol–water partition coefficient (Wildman–Crippen LogP) is 2.23. The maximum Gasteiger partial charge on any atom is 0.0718 e. The molecule has 2 aromatic heterocycles. The zero-order chi connectivity index (χ0) is 14.8. The van der Waals surface area contributed by atoms with Gasteiger partial charge in [0.05, 0.1) is 30.7 Å². The zero-order valence-electron chi connectivity index (χ0n) is 12.2. The van der Waals surface area contributed by atoms with Gasteiger partial charge in [0.1, 0.15) is 0 Å². The monoisotopic (exact) mass is 282 g/mol. The van der Waals surface area contributed by atoms with Crippen LogP contribution in [-0.2, 0) is 13.2 Å². The molecule has 0 atom stereocenters. The van der Waals surface area contributed by atoms with E-state index in [1.165, 1.54) is 0 Å². The van der Waals surface area contributed by atoms with Crippen molar-refractivity contribution in [2.45, 2.75) is 27.0 Å². The first-order chi connectivity index (χ1) is 10.2. The Morgan fingerprint density at radius 1 is 1.14 bits per heavy atom. The van der Waals surface area contributed by atoms with Gasteiger partial charge in [-0.15, -0.1) is 0 Å². The van der Waals surface area contributed by atoms with Crippen LogP contribution in [0.2, 0.25) is 0 Å². The van der Waals surface area contributed by atoms with Gasteiger partial charge in [-0.1, -0.05) is 18.2 Å². The molecule has 108 valence electrons. The van der Waals surface area contributed by atoms with E-state index in [-0.39, 0.29) is 6.61 Å². The predicted molar refractivity (Wildman–Crippen MR) is 80.3 cm³/mol. The highest BCUT2D eigenvalue weighted by molar-refractivity contribution is 5.31. The van der Waals surface area contributed by atoms with Gasteiger partial charge in [0.25, 0.3) is 0 Å². The summed E-state index contributed by atoms with van der Waals surface area (Å²) >= 11 is 0. The molecule has 0 saturated carbocycles. The number of hydrogen-bond donors (Lipinski definition) is 1. The Kier molecular flexibility index (Phi) is 3.58. The fraction of sp³-hybridized carbons (Fsp3) is 0.250. The van der Waals surface area contributed by atoms with Crippen LogP contribution in [0.1, 0.15) is 22.5 Å². The van der Waals surface area contributed by atoms with Crippen molar-refractivity contribution in [3.63, 3.8) is 0 Å². The van der Waals surface area contributed by atoms with Gasteiger partial charge in [-0.05, 0) is 26.0 Å².